The molecule has 30 heteroatoms. The molecule has 694 valence electrons. The van der Waals surface area contributed by atoms with Crippen molar-refractivity contribution in [2.45, 2.75) is 174 Å². The number of halogens is 9. The highest BCUT2D eigenvalue weighted by Gasteiger charge is 2.24. The van der Waals surface area contributed by atoms with Crippen LogP contribution in [0.15, 0.2) is 154 Å². The van der Waals surface area contributed by atoms with Crippen LogP contribution < -0.4 is 14.2 Å². The van der Waals surface area contributed by atoms with Crippen LogP contribution in [0.4, 0.5) is 39.5 Å². The highest BCUT2D eigenvalue weighted by Crippen LogP contribution is 2.19. The molecule has 3 heterocycles. The molecular formula is C90H145F9O21. The predicted octanol–water partition coefficient (Wildman–Crippen LogP) is 22.7. The number of hydrogen-bond donors (Lipinski definition) is 0. The average molecular weight is 1730 g/mol. The number of epoxide rings is 3. The lowest BCUT2D eigenvalue weighted by Crippen LogP contribution is -2.10. The van der Waals surface area contributed by atoms with Crippen LogP contribution in [-0.2, 0) is 85.3 Å². The van der Waals surface area contributed by atoms with E-state index in [-0.39, 0.29) is 31.9 Å². The third-order valence-corrected chi connectivity index (χ3v) is 14.9. The summed E-state index contributed by atoms with van der Waals surface area (Å²) in [5, 5.41) is 0. The zero-order chi connectivity index (χ0) is 90.4. The van der Waals surface area contributed by atoms with Crippen molar-refractivity contribution >= 4 is 24.2 Å². The van der Waals surface area contributed by atoms with E-state index in [0.717, 1.165) is 146 Å². The van der Waals surface area contributed by atoms with Crippen molar-refractivity contribution in [3.63, 3.8) is 0 Å². The van der Waals surface area contributed by atoms with Gasteiger partial charge in [0.1, 0.15) is 55.4 Å². The monoisotopic (exact) mass is 1730 g/mol. The molecule has 0 saturated carbocycles. The number of carbonyl (C=O) groups excluding carboxylic acids is 1. The van der Waals surface area contributed by atoms with Crippen LogP contribution in [-0.4, -0.2) is 213 Å². The first kappa shape index (κ1) is 121. The Hall–Kier alpha value is -7.62. The number of unbranched alkanes of at least 4 members (excludes halogenated alkanes) is 14. The molecule has 0 bridgehead atoms. The predicted molar refractivity (Wildman–Crippen MR) is 456 cm³/mol. The Morgan fingerprint density at radius 2 is 0.708 bits per heavy atom. The second kappa shape index (κ2) is 96.8. The van der Waals surface area contributed by atoms with Crippen molar-refractivity contribution in [2.24, 2.45) is 0 Å². The number of esters is 1. The van der Waals surface area contributed by atoms with Crippen LogP contribution in [0.1, 0.15) is 172 Å². The summed E-state index contributed by atoms with van der Waals surface area (Å²) in [6.45, 7) is 36.6. The summed E-state index contributed by atoms with van der Waals surface area (Å²) in [6.07, 6.45) is 25.7. The summed E-state index contributed by atoms with van der Waals surface area (Å²) in [5.41, 5.74) is 3.38. The van der Waals surface area contributed by atoms with Crippen molar-refractivity contribution < 1.29 is 139 Å². The van der Waals surface area contributed by atoms with Gasteiger partial charge in [0.2, 0.25) is 0 Å². The van der Waals surface area contributed by atoms with Crippen LogP contribution >= 0.6 is 0 Å². The summed E-state index contributed by atoms with van der Waals surface area (Å²) >= 11 is 0. The standard InChI is InChI=1S/C17H26O.C15H22O.C13H18O.C8H14O4.C7H11F3O2.C7H14O2.C6H12O3.C5H7F3O2.C5H10O2.C4H8O2.C3H3F3O/c1-3-5-6-7-8-9-10-15-18-17-13-11-16(4-2)12-14-17;1-3-5-6-7-8-13-16-15-11-9-14(4-2)10-12-15;1-3-5-6-10-14-13-9-7-8-12(4-2)11-13;1-10-4-2-3-8(9)12-6-7-5-11-7;1-11-4-2-3-5-12-7(10)6(8)9;1-3-9-7-5-4-6-8-2;1-7-2-3-8-4-6-5-9-6;1-9-2-3-10-5(8)4(6)7;1-3-7-5-4-6-2;1-5-2-4-3-6-4;1-7-3(6)2(4)5/h4,11-14H,2-3,5-10,15H2,1H3;4,9-12H,2-3,5-8,13H2,1H3;4,7-9,11H,2-3,5-6,10H2,1H3;7H,2-6H2,1H3;2-5H2,1H3;3H,1,4-7H2,2H3;6H,2-5H2,1H3;2-3H2,1H3;3H,1,4-5H2,2H3;4H,2-3H2,1H3;1H3. The van der Waals surface area contributed by atoms with Gasteiger partial charge in [-0.15, -0.1) is 0 Å². The van der Waals surface area contributed by atoms with Gasteiger partial charge < -0.3 is 94.7 Å². The number of hydrogen-bond acceptors (Lipinski definition) is 21. The summed E-state index contributed by atoms with van der Waals surface area (Å²) in [7, 11) is 12.0. The molecule has 3 saturated heterocycles. The van der Waals surface area contributed by atoms with Crippen LogP contribution in [0.2, 0.25) is 0 Å². The van der Waals surface area contributed by atoms with Crippen LogP contribution in [0.25, 0.3) is 18.2 Å². The number of methoxy groups -OCH3 is 8. The SMILES string of the molecule is C=COCCCCOC.C=COCCOC.C=Cc1ccc(OCCCCCCC)cc1.C=Cc1ccc(OCCCCCCCCC)cc1.C=Cc1cccc(OCCCCC)c1.COC(F)=C(F)F.COCC1CO1.COCCCC(=O)OCC1CO1.COCCCCOC(F)=C(F)F.COCCOC(F)=C(F)F.COCCOCC1CO1. The minimum absolute atomic E-state index is 0.0491. The van der Waals surface area contributed by atoms with E-state index in [1.807, 2.05) is 91.0 Å². The molecule has 21 nitrogen and oxygen atoms in total. The summed E-state index contributed by atoms with van der Waals surface area (Å²) in [6, 6.07) is 18.7. The first-order chi connectivity index (χ1) is 58.2. The smallest absolute Gasteiger partial charge is 0.342 e. The van der Waals surface area contributed by atoms with Gasteiger partial charge in [-0.3, -0.25) is 4.79 Å². The van der Waals surface area contributed by atoms with Gasteiger partial charge in [0.25, 0.3) is 0 Å². The highest BCUT2D eigenvalue weighted by molar-refractivity contribution is 5.69. The first-order valence-electron chi connectivity index (χ1n) is 40.6. The van der Waals surface area contributed by atoms with Crippen LogP contribution in [0.3, 0.4) is 0 Å². The molecule has 3 aliphatic heterocycles. The fourth-order valence-electron chi connectivity index (χ4n) is 8.11. The van der Waals surface area contributed by atoms with Gasteiger partial charge >= 0.3 is 42.3 Å². The number of benzene rings is 3. The largest absolute Gasteiger partial charge is 0.502 e. The number of ether oxygens (including phenoxy) is 20. The molecule has 0 radical (unpaired) electrons. The van der Waals surface area contributed by atoms with Gasteiger partial charge in [-0.2, -0.15) is 39.5 Å². The number of rotatable bonds is 58. The number of carbonyl (C=O) groups is 1. The van der Waals surface area contributed by atoms with E-state index in [1.54, 1.807) is 35.5 Å². The fraction of sp³-hybridized carbons (Fsp3) is 0.611. The summed E-state index contributed by atoms with van der Waals surface area (Å²) in [4.78, 5) is 10.9. The molecule has 0 spiro atoms. The molecule has 3 atom stereocenters. The van der Waals surface area contributed by atoms with Gasteiger partial charge in [-0.1, -0.05) is 185 Å². The molecule has 6 rings (SSSR count). The van der Waals surface area contributed by atoms with Crippen molar-refractivity contribution in [2.75, 3.05) is 189 Å². The second-order valence-corrected chi connectivity index (χ2v) is 25.2. The molecule has 0 aromatic heterocycles. The Morgan fingerprint density at radius 1 is 0.350 bits per heavy atom. The normalized spacial score (nSPS) is 12.8. The minimum Gasteiger partial charge on any atom is -0.502 e. The molecule has 3 unspecified atom stereocenters. The molecular weight excluding hydrogens is 1590 g/mol. The Labute approximate surface area is 711 Å². The van der Waals surface area contributed by atoms with Gasteiger partial charge in [0.05, 0.1) is 112 Å². The van der Waals surface area contributed by atoms with Crippen molar-refractivity contribution in [3.8, 4) is 17.2 Å². The fourth-order valence-corrected chi connectivity index (χ4v) is 8.11. The summed E-state index contributed by atoms with van der Waals surface area (Å²) in [5.74, 6) is 2.70. The Balaban J connectivity index is -0.000000410. The van der Waals surface area contributed by atoms with Gasteiger partial charge in [0, 0.05) is 76.0 Å². The zero-order valence-electron chi connectivity index (χ0n) is 73.5. The molecule has 0 amide bonds. The van der Waals surface area contributed by atoms with E-state index in [9.17, 15) is 44.3 Å². The Morgan fingerprint density at radius 3 is 1.11 bits per heavy atom. The quantitative estimate of drug-likeness (QED) is 0.0169. The van der Waals surface area contributed by atoms with E-state index in [2.05, 4.69) is 82.1 Å². The zero-order valence-corrected chi connectivity index (χ0v) is 73.5. The Bertz CT molecular complexity index is 2840. The first-order valence-corrected chi connectivity index (χ1v) is 40.6. The van der Waals surface area contributed by atoms with Crippen molar-refractivity contribution in [3.05, 3.63) is 171 Å². The van der Waals surface area contributed by atoms with E-state index < -0.39 is 36.3 Å². The minimum atomic E-state index is -2.45. The van der Waals surface area contributed by atoms with Gasteiger partial charge in [0.15, 0.2) is 0 Å². The molecule has 3 aromatic carbocycles. The van der Waals surface area contributed by atoms with Crippen LogP contribution in [0, 0.1) is 0 Å². The molecule has 3 aliphatic rings. The van der Waals surface area contributed by atoms with Gasteiger partial charge in [-0.25, -0.2) is 0 Å². The molecule has 3 aromatic rings. The third kappa shape index (κ3) is 97.5. The second-order valence-electron chi connectivity index (χ2n) is 25.2. The van der Waals surface area contributed by atoms with E-state index in [0.29, 0.717) is 77.7 Å². The Kier molecular flexibility index (Phi) is 97.6. The maximum atomic E-state index is 11.9. The average Bonchev–Trinajstić information content (AvgIpc) is 1.35. The molecule has 0 N–H and O–H groups in total. The summed E-state index contributed by atoms with van der Waals surface area (Å²) < 4.78 is 197. The topological polar surface area (TPSA) is 212 Å². The van der Waals surface area contributed by atoms with E-state index >= 15 is 0 Å². The van der Waals surface area contributed by atoms with Crippen LogP contribution in [0.5, 0.6) is 17.2 Å². The lowest BCUT2D eigenvalue weighted by atomic mass is 10.1. The van der Waals surface area contributed by atoms with Gasteiger partial charge in [-0.05, 0) is 104 Å². The third-order valence-electron chi connectivity index (χ3n) is 14.9. The molecule has 120 heavy (non-hydrogen) atoms. The van der Waals surface area contributed by atoms with E-state index in [1.165, 1.54) is 104 Å². The van der Waals surface area contributed by atoms with E-state index in [4.69, 9.17) is 66.3 Å². The van der Waals surface area contributed by atoms with Crippen molar-refractivity contribution in [1.82, 2.24) is 0 Å². The maximum Gasteiger partial charge on any atom is 0.342 e. The molecule has 3 fully saturated rings. The lowest BCUT2D eigenvalue weighted by Gasteiger charge is -2.06. The maximum absolute atomic E-state index is 11.9. The lowest BCUT2D eigenvalue weighted by molar-refractivity contribution is -0.144. The highest BCUT2D eigenvalue weighted by atomic mass is 19.3. The molecule has 0 aliphatic carbocycles. The van der Waals surface area contributed by atoms with Crippen molar-refractivity contribution in [1.29, 1.82) is 0 Å².